The van der Waals surface area contributed by atoms with E-state index in [4.69, 9.17) is 15.2 Å². The van der Waals surface area contributed by atoms with E-state index >= 15 is 0 Å². The first-order valence-electron chi connectivity index (χ1n) is 6.29. The maximum absolute atomic E-state index is 11.6. The third-order valence-electron chi connectivity index (χ3n) is 3.53. The van der Waals surface area contributed by atoms with Gasteiger partial charge in [-0.3, -0.25) is 0 Å². The number of ether oxygens (including phenoxy) is 2. The molecule has 1 aromatic heterocycles. The molecule has 0 bridgehead atoms. The second-order valence-electron chi connectivity index (χ2n) is 4.72. The van der Waals surface area contributed by atoms with E-state index in [0.29, 0.717) is 5.56 Å². The van der Waals surface area contributed by atoms with E-state index in [1.54, 1.807) is 18.4 Å². The van der Waals surface area contributed by atoms with Crippen molar-refractivity contribution in [3.63, 3.8) is 0 Å². The molecule has 0 unspecified atom stereocenters. The highest BCUT2D eigenvalue weighted by Crippen LogP contribution is 2.32. The van der Waals surface area contributed by atoms with Gasteiger partial charge in [0, 0.05) is 31.1 Å². The van der Waals surface area contributed by atoms with Crippen molar-refractivity contribution in [1.82, 2.24) is 0 Å². The molecule has 0 saturated carbocycles. The molecule has 1 aliphatic rings. The van der Waals surface area contributed by atoms with Gasteiger partial charge in [0.1, 0.15) is 0 Å². The van der Waals surface area contributed by atoms with Crippen LogP contribution in [0.3, 0.4) is 0 Å². The summed E-state index contributed by atoms with van der Waals surface area (Å²) in [5, 5.41) is 1.08. The Kier molecular flexibility index (Phi) is 4.44. The van der Waals surface area contributed by atoms with Gasteiger partial charge in [-0.1, -0.05) is 0 Å². The Morgan fingerprint density at radius 3 is 2.89 bits per heavy atom. The maximum Gasteiger partial charge on any atom is 0.339 e. The number of hydrogen-bond acceptors (Lipinski definition) is 6. The van der Waals surface area contributed by atoms with Crippen LogP contribution in [-0.4, -0.2) is 45.4 Å². The lowest BCUT2D eigenvalue weighted by Gasteiger charge is -2.36. The average molecular weight is 284 g/mol. The molecule has 0 spiro atoms. The number of piperidine rings is 1. The molecular formula is C13H20N2O3S. The summed E-state index contributed by atoms with van der Waals surface area (Å²) >= 11 is 1.61. The van der Waals surface area contributed by atoms with Crippen LogP contribution in [0.2, 0.25) is 0 Å². The van der Waals surface area contributed by atoms with Gasteiger partial charge in [0.2, 0.25) is 0 Å². The smallest absolute Gasteiger partial charge is 0.339 e. The average Bonchev–Trinajstić information content (AvgIpc) is 2.80. The predicted molar refractivity (Wildman–Crippen MR) is 76.0 cm³/mol. The minimum atomic E-state index is -0.281. The first-order valence-corrected chi connectivity index (χ1v) is 7.10. The van der Waals surface area contributed by atoms with Gasteiger partial charge >= 0.3 is 5.97 Å². The number of aryl methyl sites for hydroxylation is 1. The highest BCUT2D eigenvalue weighted by atomic mass is 32.1. The number of hydrogen-bond donors (Lipinski definition) is 1. The van der Waals surface area contributed by atoms with Crippen LogP contribution in [0.15, 0.2) is 6.07 Å². The van der Waals surface area contributed by atoms with E-state index in [2.05, 4.69) is 4.90 Å². The van der Waals surface area contributed by atoms with E-state index in [1.807, 2.05) is 13.0 Å². The van der Waals surface area contributed by atoms with Crippen molar-refractivity contribution in [2.24, 2.45) is 5.73 Å². The monoisotopic (exact) mass is 284 g/mol. The minimum Gasteiger partial charge on any atom is -0.465 e. The van der Waals surface area contributed by atoms with Gasteiger partial charge in [-0.15, -0.1) is 11.3 Å². The van der Waals surface area contributed by atoms with E-state index in [9.17, 15) is 4.79 Å². The summed E-state index contributed by atoms with van der Waals surface area (Å²) in [6.07, 6.45) is 0.931. The number of nitrogens with zero attached hydrogens (tertiary/aromatic N) is 1. The molecule has 1 aromatic rings. The molecule has 6 heteroatoms. The summed E-state index contributed by atoms with van der Waals surface area (Å²) in [7, 11) is 3.09. The Labute approximate surface area is 117 Å². The third-order valence-corrected chi connectivity index (χ3v) is 4.65. The summed E-state index contributed by atoms with van der Waals surface area (Å²) in [5.74, 6) is -0.281. The van der Waals surface area contributed by atoms with Crippen molar-refractivity contribution >= 4 is 22.3 Å². The minimum absolute atomic E-state index is 0.0396. The quantitative estimate of drug-likeness (QED) is 0.850. The molecule has 106 valence electrons. The number of anilines is 1. The van der Waals surface area contributed by atoms with Crippen molar-refractivity contribution in [3.8, 4) is 0 Å². The van der Waals surface area contributed by atoms with E-state index < -0.39 is 0 Å². The lowest BCUT2D eigenvalue weighted by Crippen LogP contribution is -2.51. The molecule has 0 radical (unpaired) electrons. The largest absolute Gasteiger partial charge is 0.465 e. The fourth-order valence-electron chi connectivity index (χ4n) is 2.32. The van der Waals surface area contributed by atoms with E-state index in [-0.39, 0.29) is 18.1 Å². The van der Waals surface area contributed by atoms with Crippen molar-refractivity contribution in [2.75, 3.05) is 32.2 Å². The molecule has 5 nitrogen and oxygen atoms in total. The summed E-state index contributed by atoms with van der Waals surface area (Å²) in [4.78, 5) is 14.8. The Bertz CT molecular complexity index is 461. The summed E-state index contributed by atoms with van der Waals surface area (Å²) in [6, 6.07) is 1.98. The zero-order valence-corrected chi connectivity index (χ0v) is 12.3. The maximum atomic E-state index is 11.6. The number of rotatable bonds is 3. The molecule has 19 heavy (non-hydrogen) atoms. The lowest BCUT2D eigenvalue weighted by atomic mass is 10.0. The van der Waals surface area contributed by atoms with Gasteiger partial charge in [-0.25, -0.2) is 4.79 Å². The predicted octanol–water partition coefficient (Wildman–Crippen LogP) is 1.40. The van der Waals surface area contributed by atoms with Crippen molar-refractivity contribution < 1.29 is 14.3 Å². The molecule has 0 aromatic carbocycles. The second kappa shape index (κ2) is 5.90. The third kappa shape index (κ3) is 2.91. The zero-order chi connectivity index (χ0) is 14.0. The summed E-state index contributed by atoms with van der Waals surface area (Å²) < 4.78 is 10.2. The molecule has 1 aliphatic heterocycles. The van der Waals surface area contributed by atoms with Crippen LogP contribution in [0, 0.1) is 6.92 Å². The molecule has 2 atom stereocenters. The summed E-state index contributed by atoms with van der Waals surface area (Å²) in [6.45, 7) is 3.59. The normalized spacial score (nSPS) is 23.5. The molecule has 0 amide bonds. The highest BCUT2D eigenvalue weighted by Gasteiger charge is 2.28. The molecule has 1 saturated heterocycles. The van der Waals surface area contributed by atoms with Crippen LogP contribution in [-0.2, 0) is 9.47 Å². The molecule has 2 N–H and O–H groups in total. The van der Waals surface area contributed by atoms with Gasteiger partial charge in [-0.2, -0.15) is 0 Å². The van der Waals surface area contributed by atoms with Crippen LogP contribution in [0.1, 0.15) is 21.7 Å². The molecule has 2 rings (SSSR count). The molecule has 1 fully saturated rings. The number of carbonyl (C=O) groups is 1. The van der Waals surface area contributed by atoms with Crippen molar-refractivity contribution in [1.29, 1.82) is 0 Å². The van der Waals surface area contributed by atoms with Crippen molar-refractivity contribution in [2.45, 2.75) is 25.5 Å². The Morgan fingerprint density at radius 2 is 2.26 bits per heavy atom. The van der Waals surface area contributed by atoms with Gasteiger partial charge in [-0.05, 0) is 19.4 Å². The van der Waals surface area contributed by atoms with Gasteiger partial charge in [0.15, 0.2) is 0 Å². The number of methoxy groups -OCH3 is 2. The number of carbonyl (C=O) groups excluding carboxylic acids is 1. The first kappa shape index (κ1) is 14.3. The van der Waals surface area contributed by atoms with Crippen molar-refractivity contribution in [3.05, 3.63) is 16.5 Å². The van der Waals surface area contributed by atoms with Crippen LogP contribution >= 0.6 is 11.3 Å². The lowest BCUT2D eigenvalue weighted by molar-refractivity contribution is 0.0600. The van der Waals surface area contributed by atoms with Crippen LogP contribution < -0.4 is 10.6 Å². The van der Waals surface area contributed by atoms with Gasteiger partial charge in [0.05, 0.1) is 23.8 Å². The molecule has 0 aliphatic carbocycles. The zero-order valence-electron chi connectivity index (χ0n) is 11.5. The topological polar surface area (TPSA) is 64.8 Å². The Hall–Kier alpha value is -1.11. The number of esters is 1. The van der Waals surface area contributed by atoms with Crippen LogP contribution in [0.4, 0.5) is 5.00 Å². The second-order valence-corrected chi connectivity index (χ2v) is 5.95. The first-order chi connectivity index (χ1) is 9.06. The van der Waals surface area contributed by atoms with E-state index in [1.165, 1.54) is 7.11 Å². The van der Waals surface area contributed by atoms with Crippen LogP contribution in [0.5, 0.6) is 0 Å². The van der Waals surface area contributed by atoms with Gasteiger partial charge in [0.25, 0.3) is 0 Å². The molecular weight excluding hydrogens is 264 g/mol. The number of thiophene rings is 1. The van der Waals surface area contributed by atoms with E-state index in [0.717, 1.165) is 29.4 Å². The fourth-order valence-corrected chi connectivity index (χ4v) is 3.36. The SMILES string of the molecule is COC(=O)c1cc(N2CC[C@@H](N)[C@@H](OC)C2)sc1C. The van der Waals surface area contributed by atoms with Gasteiger partial charge < -0.3 is 20.1 Å². The standard InChI is InChI=1S/C13H20N2O3S/c1-8-9(13(16)18-3)6-12(19-8)15-5-4-10(14)11(7-15)17-2/h6,10-11H,4-5,7,14H2,1-3H3/t10-,11+/m1/s1. The Morgan fingerprint density at radius 1 is 1.53 bits per heavy atom. The highest BCUT2D eigenvalue weighted by molar-refractivity contribution is 7.16. The molecule has 2 heterocycles. The summed E-state index contributed by atoms with van der Waals surface area (Å²) in [5.41, 5.74) is 6.66. The fraction of sp³-hybridized carbons (Fsp3) is 0.615. The van der Waals surface area contributed by atoms with Crippen LogP contribution in [0.25, 0.3) is 0 Å². The Balaban J connectivity index is 2.16. The number of nitrogens with two attached hydrogens (primary N) is 1.